The molecule has 1 fully saturated rings. The van der Waals surface area contributed by atoms with E-state index < -0.39 is 12.5 Å². The van der Waals surface area contributed by atoms with Crippen molar-refractivity contribution >= 4 is 23.1 Å². The van der Waals surface area contributed by atoms with Gasteiger partial charge in [-0.1, -0.05) is 18.2 Å². The largest absolute Gasteiger partial charge is 0.522 e. The molecule has 1 aromatic heterocycles. The lowest BCUT2D eigenvalue weighted by Gasteiger charge is -2.33. The van der Waals surface area contributed by atoms with Crippen molar-refractivity contribution in [2.24, 2.45) is 0 Å². The van der Waals surface area contributed by atoms with Gasteiger partial charge in [-0.2, -0.15) is 4.80 Å². The molecule has 30 heavy (non-hydrogen) atoms. The van der Waals surface area contributed by atoms with Crippen molar-refractivity contribution in [3.63, 3.8) is 0 Å². The molecule has 1 heterocycles. The first-order chi connectivity index (χ1) is 14.2. The van der Waals surface area contributed by atoms with Crippen molar-refractivity contribution in [1.82, 2.24) is 25.5 Å². The third-order valence-corrected chi connectivity index (χ3v) is 4.63. The highest BCUT2D eigenvalue weighted by atomic mass is 35.5. The number of nitrogens with zero attached hydrogens (tertiary/aromatic N) is 4. The molecule has 0 saturated heterocycles. The van der Waals surface area contributed by atoms with Crippen molar-refractivity contribution in [3.8, 4) is 5.75 Å². The molecule has 12 heteroatoms. The van der Waals surface area contributed by atoms with Gasteiger partial charge in [-0.25, -0.2) is 0 Å². The number of benzene rings is 1. The van der Waals surface area contributed by atoms with E-state index in [1.807, 2.05) is 0 Å². The summed E-state index contributed by atoms with van der Waals surface area (Å²) >= 11 is 5.78. The third kappa shape index (κ3) is 6.42. The smallest absolute Gasteiger partial charge is 0.484 e. The third-order valence-electron chi connectivity index (χ3n) is 4.37. The van der Waals surface area contributed by atoms with Crippen LogP contribution in [0.25, 0.3) is 5.57 Å². The maximum absolute atomic E-state index is 12.2. The van der Waals surface area contributed by atoms with E-state index in [1.54, 1.807) is 24.3 Å². The molecule has 0 spiro atoms. The number of aromatic nitrogens is 4. The SMILES string of the molecule is C=C(CCNC(=O)COc1ccc(Cl)cc1)c1nnn(C2CC(OC(F)(F)F)C2)n1. The Morgan fingerprint density at radius 1 is 1.30 bits per heavy atom. The Morgan fingerprint density at radius 2 is 2.00 bits per heavy atom. The molecule has 1 N–H and O–H groups in total. The van der Waals surface area contributed by atoms with E-state index in [9.17, 15) is 18.0 Å². The van der Waals surface area contributed by atoms with Gasteiger partial charge >= 0.3 is 6.36 Å². The van der Waals surface area contributed by atoms with E-state index in [4.69, 9.17) is 16.3 Å². The quantitative estimate of drug-likeness (QED) is 0.637. The van der Waals surface area contributed by atoms with Gasteiger partial charge in [0.1, 0.15) is 5.75 Å². The van der Waals surface area contributed by atoms with Gasteiger partial charge < -0.3 is 10.1 Å². The average molecular weight is 446 g/mol. The van der Waals surface area contributed by atoms with Crippen molar-refractivity contribution in [1.29, 1.82) is 0 Å². The van der Waals surface area contributed by atoms with Crippen molar-refractivity contribution in [2.45, 2.75) is 37.8 Å². The van der Waals surface area contributed by atoms with E-state index in [-0.39, 0.29) is 37.2 Å². The summed E-state index contributed by atoms with van der Waals surface area (Å²) in [6, 6.07) is 6.34. The summed E-state index contributed by atoms with van der Waals surface area (Å²) in [5.74, 6) is 0.500. The molecule has 162 valence electrons. The second-order valence-electron chi connectivity index (χ2n) is 6.69. The van der Waals surface area contributed by atoms with E-state index in [2.05, 4.69) is 32.0 Å². The molecule has 0 atom stereocenters. The number of tetrazole rings is 1. The minimum absolute atomic E-state index is 0.147. The predicted octanol–water partition coefficient (Wildman–Crippen LogP) is 3.16. The Labute approximate surface area is 175 Å². The Morgan fingerprint density at radius 3 is 2.67 bits per heavy atom. The van der Waals surface area contributed by atoms with Gasteiger partial charge in [0, 0.05) is 11.6 Å². The number of carbonyl (C=O) groups is 1. The number of hydrogen-bond acceptors (Lipinski definition) is 6. The summed E-state index contributed by atoms with van der Waals surface area (Å²) in [6.45, 7) is 4.00. The highest BCUT2D eigenvalue weighted by molar-refractivity contribution is 6.30. The van der Waals surface area contributed by atoms with Crippen LogP contribution in [0, 0.1) is 0 Å². The van der Waals surface area contributed by atoms with Crippen LogP contribution in [-0.4, -0.2) is 51.7 Å². The Kier molecular flexibility index (Phi) is 6.93. The molecule has 3 rings (SSSR count). The van der Waals surface area contributed by atoms with Crippen LogP contribution in [0.4, 0.5) is 13.2 Å². The van der Waals surface area contributed by atoms with Gasteiger partial charge in [0.25, 0.3) is 5.91 Å². The summed E-state index contributed by atoms with van der Waals surface area (Å²) in [5.41, 5.74) is 0.544. The second-order valence-corrected chi connectivity index (χ2v) is 7.13. The fourth-order valence-corrected chi connectivity index (χ4v) is 2.85. The number of ether oxygens (including phenoxy) is 2. The monoisotopic (exact) mass is 445 g/mol. The molecule has 0 aliphatic heterocycles. The molecular weight excluding hydrogens is 427 g/mol. The van der Waals surface area contributed by atoms with Gasteiger partial charge in [0.15, 0.2) is 12.4 Å². The maximum atomic E-state index is 12.2. The summed E-state index contributed by atoms with van der Waals surface area (Å²) < 4.78 is 45.8. The van der Waals surface area contributed by atoms with E-state index in [1.165, 1.54) is 4.80 Å². The normalized spacial score (nSPS) is 18.5. The number of rotatable bonds is 9. The van der Waals surface area contributed by atoms with Gasteiger partial charge in [-0.3, -0.25) is 9.53 Å². The molecule has 2 aromatic rings. The highest BCUT2D eigenvalue weighted by Gasteiger charge is 2.41. The van der Waals surface area contributed by atoms with Crippen LogP contribution in [0.2, 0.25) is 5.02 Å². The highest BCUT2D eigenvalue weighted by Crippen LogP contribution is 2.37. The maximum Gasteiger partial charge on any atom is 0.522 e. The molecule has 1 aromatic carbocycles. The van der Waals surface area contributed by atoms with Gasteiger partial charge in [0.2, 0.25) is 0 Å². The lowest BCUT2D eigenvalue weighted by Crippen LogP contribution is -2.38. The molecular formula is C18H19ClF3N5O3. The molecule has 1 aliphatic carbocycles. The lowest BCUT2D eigenvalue weighted by atomic mass is 9.90. The topological polar surface area (TPSA) is 91.2 Å². The van der Waals surface area contributed by atoms with Crippen LogP contribution < -0.4 is 10.1 Å². The first-order valence-electron chi connectivity index (χ1n) is 9.07. The van der Waals surface area contributed by atoms with E-state index in [0.717, 1.165) is 0 Å². The van der Waals surface area contributed by atoms with E-state index in [0.29, 0.717) is 29.3 Å². The summed E-state index contributed by atoms with van der Waals surface area (Å²) in [5, 5.41) is 15.1. The van der Waals surface area contributed by atoms with Gasteiger partial charge in [-0.05, 0) is 54.3 Å². The molecule has 1 amide bonds. The molecule has 1 aliphatic rings. The summed E-state index contributed by atoms with van der Waals surface area (Å²) in [6.07, 6.45) is -4.84. The average Bonchev–Trinajstić information content (AvgIpc) is 3.13. The predicted molar refractivity (Wildman–Crippen MR) is 101 cm³/mol. The zero-order chi connectivity index (χ0) is 21.7. The first kappa shape index (κ1) is 22.0. The lowest BCUT2D eigenvalue weighted by molar-refractivity contribution is -0.353. The number of halogens is 4. The number of alkyl halides is 3. The van der Waals surface area contributed by atoms with Gasteiger partial charge in [-0.15, -0.1) is 23.4 Å². The van der Waals surface area contributed by atoms with Crippen LogP contribution in [0.1, 0.15) is 31.1 Å². The first-order valence-corrected chi connectivity index (χ1v) is 9.44. The zero-order valence-electron chi connectivity index (χ0n) is 15.7. The minimum atomic E-state index is -4.64. The van der Waals surface area contributed by atoms with Crippen LogP contribution in [-0.2, 0) is 9.53 Å². The van der Waals surface area contributed by atoms with Gasteiger partial charge in [0.05, 0.1) is 12.1 Å². The number of hydrogen-bond donors (Lipinski definition) is 1. The molecule has 0 bridgehead atoms. The Balaban J connectivity index is 1.35. The molecule has 8 nitrogen and oxygen atoms in total. The fourth-order valence-electron chi connectivity index (χ4n) is 2.73. The van der Waals surface area contributed by atoms with E-state index >= 15 is 0 Å². The fraction of sp³-hybridized carbons (Fsp3) is 0.444. The molecule has 0 unspecified atom stereocenters. The van der Waals surface area contributed by atoms with Crippen molar-refractivity contribution in [3.05, 3.63) is 41.7 Å². The second kappa shape index (κ2) is 9.43. The minimum Gasteiger partial charge on any atom is -0.484 e. The van der Waals surface area contributed by atoms with Crippen molar-refractivity contribution in [2.75, 3.05) is 13.2 Å². The zero-order valence-corrected chi connectivity index (χ0v) is 16.5. The number of carbonyl (C=O) groups excluding carboxylic acids is 1. The van der Waals surface area contributed by atoms with Crippen LogP contribution in [0.5, 0.6) is 5.75 Å². The van der Waals surface area contributed by atoms with Crippen LogP contribution >= 0.6 is 11.6 Å². The number of nitrogens with one attached hydrogen (secondary N) is 1. The Bertz CT molecular complexity index is 882. The van der Waals surface area contributed by atoms with Crippen molar-refractivity contribution < 1.29 is 27.4 Å². The van der Waals surface area contributed by atoms with Crippen LogP contribution in [0.3, 0.4) is 0 Å². The molecule has 1 saturated carbocycles. The van der Waals surface area contributed by atoms with Crippen LogP contribution in [0.15, 0.2) is 30.8 Å². The Hall–Kier alpha value is -2.66. The summed E-state index contributed by atoms with van der Waals surface area (Å²) in [4.78, 5) is 13.1. The number of amides is 1. The summed E-state index contributed by atoms with van der Waals surface area (Å²) in [7, 11) is 0. The molecule has 0 radical (unpaired) electrons. The standard InChI is InChI=1S/C18H19ClF3N5O3/c1-11(6-7-23-16(28)10-29-14-4-2-12(19)3-5-14)17-24-26-27(25-17)13-8-15(9-13)30-18(20,21)22/h2-5,13,15H,1,6-10H2,(H,23,28).